The lowest BCUT2D eigenvalue weighted by atomic mass is 9.30. The Morgan fingerprint density at radius 2 is 0.938 bits per heavy atom. The molecule has 4 heteroatoms. The molecular weight excluding hydrogens is 978 g/mol. The number of aromatic nitrogens is 1. The molecule has 0 radical (unpaired) electrons. The highest BCUT2D eigenvalue weighted by Crippen LogP contribution is 2.49. The second kappa shape index (κ2) is 18.9. The fraction of sp³-hybridized carbons (Fsp3) is 0.221. The minimum Gasteiger partial charge on any atom is -0.311 e. The molecule has 10 aromatic carbocycles. The van der Waals surface area contributed by atoms with E-state index in [0.29, 0.717) is 0 Å². The molecule has 2 aliphatic rings. The molecule has 13 rings (SSSR count). The van der Waals surface area contributed by atoms with Gasteiger partial charge < -0.3 is 14.4 Å². The van der Waals surface area contributed by atoms with Crippen molar-refractivity contribution in [1.82, 2.24) is 4.57 Å². The summed E-state index contributed by atoms with van der Waals surface area (Å²) < 4.78 is 2.51. The van der Waals surface area contributed by atoms with E-state index in [9.17, 15) is 0 Å². The Hall–Kier alpha value is -8.34. The highest BCUT2D eigenvalue weighted by molar-refractivity contribution is 6.99. The number of fused-ring (bicyclic) bond motifs is 7. The number of hydrogen-bond donors (Lipinski definition) is 0. The molecule has 0 aliphatic carbocycles. The zero-order valence-corrected chi connectivity index (χ0v) is 49.6. The Labute approximate surface area is 481 Å². The van der Waals surface area contributed by atoms with Crippen molar-refractivity contribution < 1.29 is 0 Å². The van der Waals surface area contributed by atoms with Gasteiger partial charge in [-0.2, -0.15) is 0 Å². The maximum atomic E-state index is 2.63. The Bertz CT molecular complexity index is 4170. The number of hydrogen-bond acceptors (Lipinski definition) is 2. The van der Waals surface area contributed by atoms with Gasteiger partial charge in [-0.25, -0.2) is 0 Å². The summed E-state index contributed by atoms with van der Waals surface area (Å²) in [5.74, 6) is 0. The molecule has 0 fully saturated rings. The molecule has 0 amide bonds. The van der Waals surface area contributed by atoms with Gasteiger partial charge in [-0.15, -0.1) is 0 Å². The second-order valence-corrected chi connectivity index (χ2v) is 26.8. The smallest absolute Gasteiger partial charge is 0.247 e. The first-order chi connectivity index (χ1) is 38.6. The van der Waals surface area contributed by atoms with Gasteiger partial charge in [0.1, 0.15) is 0 Å². The van der Waals surface area contributed by atoms with Crippen molar-refractivity contribution in [3.05, 3.63) is 251 Å². The van der Waals surface area contributed by atoms with Gasteiger partial charge in [0, 0.05) is 56.0 Å². The number of benzene rings is 10. The van der Waals surface area contributed by atoms with Gasteiger partial charge in [-0.3, -0.25) is 0 Å². The van der Waals surface area contributed by atoms with Crippen LogP contribution in [-0.2, 0) is 21.7 Å². The van der Waals surface area contributed by atoms with Gasteiger partial charge in [0.25, 0.3) is 0 Å². The summed E-state index contributed by atoms with van der Waals surface area (Å²) in [4.78, 5) is 5.18. The number of para-hydroxylation sites is 1. The van der Waals surface area contributed by atoms with E-state index in [4.69, 9.17) is 0 Å². The van der Waals surface area contributed by atoms with Gasteiger partial charge in [-0.1, -0.05) is 221 Å². The van der Waals surface area contributed by atoms with Crippen molar-refractivity contribution in [2.24, 2.45) is 0 Å². The molecular formula is C77H74BN3. The summed E-state index contributed by atoms with van der Waals surface area (Å²) in [7, 11) is 0. The highest BCUT2D eigenvalue weighted by Gasteiger charge is 2.47. The molecule has 3 nitrogen and oxygen atoms in total. The molecule has 81 heavy (non-hydrogen) atoms. The van der Waals surface area contributed by atoms with Crippen molar-refractivity contribution in [2.45, 2.75) is 112 Å². The number of anilines is 6. The lowest BCUT2D eigenvalue weighted by Crippen LogP contribution is -2.64. The lowest BCUT2D eigenvalue weighted by Gasteiger charge is -2.46. The Morgan fingerprint density at radius 3 is 1.51 bits per heavy atom. The van der Waals surface area contributed by atoms with Crippen LogP contribution in [0, 0.1) is 13.8 Å². The van der Waals surface area contributed by atoms with Crippen molar-refractivity contribution in [3.8, 4) is 27.9 Å². The van der Waals surface area contributed by atoms with Crippen molar-refractivity contribution in [2.75, 3.05) is 9.80 Å². The summed E-state index contributed by atoms with van der Waals surface area (Å²) in [6.07, 6.45) is 0. The minimum atomic E-state index is -0.394. The maximum Gasteiger partial charge on any atom is 0.247 e. The van der Waals surface area contributed by atoms with E-state index in [2.05, 4.69) is 317 Å². The quantitative estimate of drug-likeness (QED) is 0.147. The van der Waals surface area contributed by atoms with E-state index in [0.717, 1.165) is 11.4 Å². The van der Waals surface area contributed by atoms with Crippen molar-refractivity contribution in [3.63, 3.8) is 0 Å². The summed E-state index contributed by atoms with van der Waals surface area (Å²) >= 11 is 0. The van der Waals surface area contributed by atoms with Gasteiger partial charge in [0.2, 0.25) is 6.71 Å². The zero-order valence-electron chi connectivity index (χ0n) is 49.6. The second-order valence-electron chi connectivity index (χ2n) is 26.8. The van der Waals surface area contributed by atoms with Gasteiger partial charge in [-0.05, 0) is 175 Å². The Balaban J connectivity index is 1.12. The molecule has 3 heterocycles. The molecule has 0 saturated heterocycles. The lowest BCUT2D eigenvalue weighted by molar-refractivity contribution is 0.583. The molecule has 0 unspecified atom stereocenters. The standard InChI is InChI=1S/C77H74BN3/c1-49-29-31-53(51-23-17-14-18-24-51)41-68(49)81(69-42-54(32-30-50(69)2)52-25-19-15-20-26-52)60-38-39-65-63(46-60)77(12,13)64-44-57(76(9,10)11)45-72-73(64)78(65)66-47-62-61-43-56(75(6,7)8)35-40-67(61)79(58-27-21-16-22-28-58)70(62)48-71(66)80(72)59-36-33-55(34-37-59)74(3,4)5/h14-48H,1-13H3. The van der Waals surface area contributed by atoms with Crippen LogP contribution in [0.1, 0.15) is 115 Å². The first kappa shape index (κ1) is 52.1. The molecule has 2 aliphatic heterocycles. The van der Waals surface area contributed by atoms with E-state index in [1.807, 2.05) is 0 Å². The fourth-order valence-electron chi connectivity index (χ4n) is 13.2. The van der Waals surface area contributed by atoms with Crippen LogP contribution in [-0.4, -0.2) is 11.3 Å². The van der Waals surface area contributed by atoms with Crippen LogP contribution in [0.4, 0.5) is 34.1 Å². The predicted octanol–water partition coefficient (Wildman–Crippen LogP) is 19.0. The SMILES string of the molecule is Cc1ccc(-c2ccccc2)cc1N(c1ccc2c(c1)C(C)(C)c1cc(C(C)(C)C)cc3c1B2c1cc2c4cc(C(C)(C)C)ccc4n(-c4ccccc4)c2cc1N3c1ccc(C(C)(C)C)cc1)c1cc(-c2ccccc2)ccc1C. The van der Waals surface area contributed by atoms with Crippen LogP contribution in [0.3, 0.4) is 0 Å². The van der Waals surface area contributed by atoms with E-state index in [-0.39, 0.29) is 23.0 Å². The predicted molar refractivity (Wildman–Crippen MR) is 350 cm³/mol. The number of nitrogens with zero attached hydrogens (tertiary/aromatic N) is 3. The Morgan fingerprint density at radius 1 is 0.395 bits per heavy atom. The molecule has 0 spiro atoms. The number of rotatable bonds is 7. The normalized spacial score (nSPS) is 13.8. The summed E-state index contributed by atoms with van der Waals surface area (Å²) in [6, 6.07) is 81.0. The first-order valence-corrected chi connectivity index (χ1v) is 29.2. The summed E-state index contributed by atoms with van der Waals surface area (Å²) in [5.41, 5.74) is 28.2. The topological polar surface area (TPSA) is 11.4 Å². The van der Waals surface area contributed by atoms with Gasteiger partial charge >= 0.3 is 0 Å². The van der Waals surface area contributed by atoms with E-state index < -0.39 is 5.41 Å². The molecule has 0 saturated carbocycles. The number of aryl methyl sites for hydroxylation is 2. The fourth-order valence-corrected chi connectivity index (χ4v) is 13.2. The van der Waals surface area contributed by atoms with Crippen LogP contribution < -0.4 is 26.2 Å². The monoisotopic (exact) mass is 1050 g/mol. The average Bonchev–Trinajstić information content (AvgIpc) is 3.84. The molecule has 1 aromatic heterocycles. The van der Waals surface area contributed by atoms with Crippen molar-refractivity contribution >= 4 is 79.0 Å². The van der Waals surface area contributed by atoms with E-state index in [1.165, 1.54) is 128 Å². The minimum absolute atomic E-state index is 0.0123. The maximum absolute atomic E-state index is 2.63. The van der Waals surface area contributed by atoms with Crippen molar-refractivity contribution in [1.29, 1.82) is 0 Å². The summed E-state index contributed by atoms with van der Waals surface area (Å²) in [6.45, 7) is 30.5. The first-order valence-electron chi connectivity index (χ1n) is 29.2. The molecule has 11 aromatic rings. The van der Waals surface area contributed by atoms with Crippen LogP contribution in [0.2, 0.25) is 0 Å². The molecule has 0 atom stereocenters. The third-order valence-electron chi connectivity index (χ3n) is 18.0. The van der Waals surface area contributed by atoms with Crippen LogP contribution in [0.15, 0.2) is 212 Å². The van der Waals surface area contributed by atoms with Gasteiger partial charge in [0.05, 0.1) is 11.0 Å². The van der Waals surface area contributed by atoms with E-state index >= 15 is 0 Å². The molecule has 0 bridgehead atoms. The third kappa shape index (κ3) is 8.72. The Kier molecular flexibility index (Phi) is 12.1. The van der Waals surface area contributed by atoms with Crippen LogP contribution >= 0.6 is 0 Å². The molecule has 400 valence electrons. The summed E-state index contributed by atoms with van der Waals surface area (Å²) in [5, 5.41) is 2.55. The van der Waals surface area contributed by atoms with Crippen LogP contribution in [0.25, 0.3) is 49.7 Å². The zero-order chi connectivity index (χ0) is 56.5. The third-order valence-corrected chi connectivity index (χ3v) is 18.0. The average molecular weight is 1050 g/mol. The molecule has 0 N–H and O–H groups in total. The van der Waals surface area contributed by atoms with Crippen LogP contribution in [0.5, 0.6) is 0 Å². The highest BCUT2D eigenvalue weighted by atomic mass is 15.2. The van der Waals surface area contributed by atoms with Gasteiger partial charge in [0.15, 0.2) is 0 Å². The largest absolute Gasteiger partial charge is 0.311 e. The van der Waals surface area contributed by atoms with E-state index in [1.54, 1.807) is 0 Å².